The standard InChI is InChI=1S/C24H35N3O3/c1-23(2)13-19(14-24(3,4)26-23)27(16-18-9-7-8-10-25-18)15-17-11-20(29-5)22(28)21(12-17)30-6/h7-12,19,26,28H,13-16H2,1-6H3. The first-order valence-electron chi connectivity index (χ1n) is 10.5. The Labute approximate surface area is 180 Å². The first-order chi connectivity index (χ1) is 14.1. The van der Waals surface area contributed by atoms with Crippen LogP contribution in [0.4, 0.5) is 0 Å². The number of aromatic nitrogens is 1. The highest BCUT2D eigenvalue weighted by Crippen LogP contribution is 2.38. The summed E-state index contributed by atoms with van der Waals surface area (Å²) in [6, 6.07) is 10.2. The van der Waals surface area contributed by atoms with Crippen LogP contribution in [0.1, 0.15) is 51.8 Å². The van der Waals surface area contributed by atoms with Crippen molar-refractivity contribution in [2.75, 3.05) is 14.2 Å². The molecule has 0 bridgehead atoms. The van der Waals surface area contributed by atoms with Crippen molar-refractivity contribution >= 4 is 0 Å². The Kier molecular flexibility index (Phi) is 6.58. The fourth-order valence-corrected chi connectivity index (χ4v) is 4.81. The molecule has 1 aromatic heterocycles. The van der Waals surface area contributed by atoms with Gasteiger partial charge < -0.3 is 19.9 Å². The fraction of sp³-hybridized carbons (Fsp3) is 0.542. The molecule has 0 atom stereocenters. The van der Waals surface area contributed by atoms with E-state index in [9.17, 15) is 5.11 Å². The zero-order valence-electron chi connectivity index (χ0n) is 19.0. The van der Waals surface area contributed by atoms with E-state index in [-0.39, 0.29) is 16.8 Å². The van der Waals surface area contributed by atoms with E-state index < -0.39 is 0 Å². The van der Waals surface area contributed by atoms with Gasteiger partial charge in [0.25, 0.3) is 0 Å². The van der Waals surface area contributed by atoms with Crippen LogP contribution in [0.5, 0.6) is 17.2 Å². The highest BCUT2D eigenvalue weighted by molar-refractivity contribution is 5.52. The zero-order valence-corrected chi connectivity index (χ0v) is 19.0. The quantitative estimate of drug-likeness (QED) is 0.712. The molecule has 2 heterocycles. The van der Waals surface area contributed by atoms with Crippen LogP contribution in [0.15, 0.2) is 36.5 Å². The molecule has 3 rings (SSSR count). The molecule has 30 heavy (non-hydrogen) atoms. The Balaban J connectivity index is 1.94. The summed E-state index contributed by atoms with van der Waals surface area (Å²) in [7, 11) is 3.11. The molecular formula is C24H35N3O3. The van der Waals surface area contributed by atoms with Gasteiger partial charge >= 0.3 is 0 Å². The molecule has 1 aromatic carbocycles. The van der Waals surface area contributed by atoms with Crippen molar-refractivity contribution < 1.29 is 14.6 Å². The van der Waals surface area contributed by atoms with Gasteiger partial charge in [-0.05, 0) is 70.4 Å². The summed E-state index contributed by atoms with van der Waals surface area (Å²) in [5.74, 6) is 0.880. The molecule has 2 aromatic rings. The van der Waals surface area contributed by atoms with Gasteiger partial charge in [-0.15, -0.1) is 0 Å². The number of ether oxygens (including phenoxy) is 2. The van der Waals surface area contributed by atoms with Crippen molar-refractivity contribution in [1.82, 2.24) is 15.2 Å². The number of hydrogen-bond acceptors (Lipinski definition) is 6. The van der Waals surface area contributed by atoms with E-state index in [2.05, 4.69) is 49.0 Å². The van der Waals surface area contributed by atoms with Crippen molar-refractivity contribution in [3.63, 3.8) is 0 Å². The van der Waals surface area contributed by atoms with Crippen LogP contribution in [0.3, 0.4) is 0 Å². The average Bonchev–Trinajstić information content (AvgIpc) is 2.67. The smallest absolute Gasteiger partial charge is 0.200 e. The third-order valence-electron chi connectivity index (χ3n) is 5.70. The van der Waals surface area contributed by atoms with Gasteiger partial charge in [0.2, 0.25) is 5.75 Å². The van der Waals surface area contributed by atoms with Crippen molar-refractivity contribution in [3.8, 4) is 17.2 Å². The van der Waals surface area contributed by atoms with Gasteiger partial charge in [-0.1, -0.05) is 6.07 Å². The van der Waals surface area contributed by atoms with Gasteiger partial charge in [-0.2, -0.15) is 0 Å². The molecular weight excluding hydrogens is 378 g/mol. The Bertz CT molecular complexity index is 811. The number of rotatable bonds is 7. The van der Waals surface area contributed by atoms with Crippen LogP contribution in [0.25, 0.3) is 0 Å². The summed E-state index contributed by atoms with van der Waals surface area (Å²) in [4.78, 5) is 7.05. The van der Waals surface area contributed by atoms with E-state index in [1.807, 2.05) is 30.5 Å². The summed E-state index contributed by atoms with van der Waals surface area (Å²) < 4.78 is 10.7. The Morgan fingerprint density at radius 3 is 2.13 bits per heavy atom. The highest BCUT2D eigenvalue weighted by atomic mass is 16.5. The van der Waals surface area contributed by atoms with Crippen LogP contribution >= 0.6 is 0 Å². The van der Waals surface area contributed by atoms with Gasteiger partial charge in [0.1, 0.15) is 0 Å². The highest BCUT2D eigenvalue weighted by Gasteiger charge is 2.40. The maximum Gasteiger partial charge on any atom is 0.200 e. The molecule has 1 fully saturated rings. The molecule has 0 aliphatic carbocycles. The van der Waals surface area contributed by atoms with Crippen LogP contribution in [0, 0.1) is 0 Å². The number of methoxy groups -OCH3 is 2. The lowest BCUT2D eigenvalue weighted by molar-refractivity contribution is 0.0555. The Morgan fingerprint density at radius 2 is 1.63 bits per heavy atom. The second-order valence-electron chi connectivity index (χ2n) is 9.53. The number of piperidine rings is 1. The molecule has 1 saturated heterocycles. The second kappa shape index (κ2) is 8.82. The van der Waals surface area contributed by atoms with E-state index in [1.54, 1.807) is 14.2 Å². The van der Waals surface area contributed by atoms with Gasteiger partial charge in [0.15, 0.2) is 11.5 Å². The second-order valence-corrected chi connectivity index (χ2v) is 9.53. The summed E-state index contributed by atoms with van der Waals surface area (Å²) in [6.07, 6.45) is 3.92. The van der Waals surface area contributed by atoms with Gasteiger partial charge in [-0.25, -0.2) is 0 Å². The minimum atomic E-state index is 0.0316. The summed E-state index contributed by atoms with van der Waals surface area (Å²) in [5, 5.41) is 14.1. The van der Waals surface area contributed by atoms with E-state index in [4.69, 9.17) is 9.47 Å². The van der Waals surface area contributed by atoms with Crippen molar-refractivity contribution in [2.45, 2.75) is 70.7 Å². The number of aromatic hydroxyl groups is 1. The minimum absolute atomic E-state index is 0.0316. The summed E-state index contributed by atoms with van der Waals surface area (Å²) in [5.41, 5.74) is 2.16. The molecule has 6 nitrogen and oxygen atoms in total. The molecule has 1 aliphatic rings. The Morgan fingerprint density at radius 1 is 1.03 bits per heavy atom. The normalized spacial score (nSPS) is 18.4. The molecule has 2 N–H and O–H groups in total. The number of phenolic OH excluding ortho intramolecular Hbond substituents is 1. The van der Waals surface area contributed by atoms with E-state index in [0.29, 0.717) is 24.1 Å². The van der Waals surface area contributed by atoms with Crippen molar-refractivity contribution in [1.29, 1.82) is 0 Å². The first-order valence-corrected chi connectivity index (χ1v) is 10.5. The van der Waals surface area contributed by atoms with Gasteiger partial charge in [0.05, 0.1) is 19.9 Å². The zero-order chi connectivity index (χ0) is 21.9. The van der Waals surface area contributed by atoms with Crippen LogP contribution < -0.4 is 14.8 Å². The van der Waals surface area contributed by atoms with E-state index >= 15 is 0 Å². The van der Waals surface area contributed by atoms with E-state index in [1.165, 1.54) is 0 Å². The van der Waals surface area contributed by atoms with Gasteiger partial charge in [-0.3, -0.25) is 9.88 Å². The maximum absolute atomic E-state index is 10.3. The van der Waals surface area contributed by atoms with Crippen LogP contribution in [-0.2, 0) is 13.1 Å². The first kappa shape index (κ1) is 22.4. The topological polar surface area (TPSA) is 66.9 Å². The molecule has 0 amide bonds. The third-order valence-corrected chi connectivity index (χ3v) is 5.70. The van der Waals surface area contributed by atoms with E-state index in [0.717, 1.165) is 30.6 Å². The lowest BCUT2D eigenvalue weighted by Crippen LogP contribution is -2.62. The number of nitrogens with zero attached hydrogens (tertiary/aromatic N) is 2. The number of phenols is 1. The predicted molar refractivity (Wildman–Crippen MR) is 119 cm³/mol. The molecule has 1 aliphatic heterocycles. The molecule has 0 unspecified atom stereocenters. The van der Waals surface area contributed by atoms with Crippen molar-refractivity contribution in [2.24, 2.45) is 0 Å². The molecule has 164 valence electrons. The lowest BCUT2D eigenvalue weighted by Gasteiger charge is -2.49. The summed E-state index contributed by atoms with van der Waals surface area (Å²) in [6.45, 7) is 10.5. The largest absolute Gasteiger partial charge is 0.502 e. The number of hydrogen-bond donors (Lipinski definition) is 2. The van der Waals surface area contributed by atoms with Crippen LogP contribution in [0.2, 0.25) is 0 Å². The molecule has 0 radical (unpaired) electrons. The van der Waals surface area contributed by atoms with Crippen molar-refractivity contribution in [3.05, 3.63) is 47.8 Å². The summed E-state index contributed by atoms with van der Waals surface area (Å²) >= 11 is 0. The number of pyridine rings is 1. The number of nitrogens with one attached hydrogen (secondary N) is 1. The monoisotopic (exact) mass is 413 g/mol. The molecule has 6 heteroatoms. The SMILES string of the molecule is COc1cc(CN(Cc2ccccn2)C2CC(C)(C)NC(C)(C)C2)cc(OC)c1O. The molecule has 0 spiro atoms. The average molecular weight is 414 g/mol. The maximum atomic E-state index is 10.3. The molecule has 0 saturated carbocycles. The van der Waals surface area contributed by atoms with Crippen LogP contribution in [-0.4, -0.2) is 46.3 Å². The number of benzene rings is 1. The van der Waals surface area contributed by atoms with Gasteiger partial charge in [0, 0.05) is 36.4 Å². The Hall–Kier alpha value is -2.31. The lowest BCUT2D eigenvalue weighted by atomic mass is 9.79. The fourth-order valence-electron chi connectivity index (χ4n) is 4.81. The predicted octanol–water partition coefficient (Wildman–Crippen LogP) is 4.12. The minimum Gasteiger partial charge on any atom is -0.502 e. The third kappa shape index (κ3) is 5.43.